The zero-order valence-corrected chi connectivity index (χ0v) is 11.4. The number of aromatic nitrogens is 4. The quantitative estimate of drug-likeness (QED) is 0.874. The first-order valence-corrected chi connectivity index (χ1v) is 6.23. The minimum Gasteiger partial charge on any atom is -0.344 e. The highest BCUT2D eigenvalue weighted by atomic mass is 16.2. The molecule has 0 spiro atoms. The maximum atomic E-state index is 12.1. The summed E-state index contributed by atoms with van der Waals surface area (Å²) in [6.45, 7) is 6.96. The third-order valence-electron chi connectivity index (χ3n) is 3.02. The van der Waals surface area contributed by atoms with Gasteiger partial charge in [0, 0.05) is 31.3 Å². The van der Waals surface area contributed by atoms with E-state index in [1.54, 1.807) is 24.9 Å². The zero-order valence-electron chi connectivity index (χ0n) is 11.4. The van der Waals surface area contributed by atoms with Crippen LogP contribution in [0.3, 0.4) is 0 Å². The fourth-order valence-corrected chi connectivity index (χ4v) is 1.76. The first-order valence-electron chi connectivity index (χ1n) is 6.23. The number of carbonyl (C=O) groups is 1. The topological polar surface area (TPSA) is 75.6 Å². The SMILES string of the molecule is CC(C)(C)C(Cn1ccnc1)NC(=O)c1ncc[nH]1. The molecule has 2 heterocycles. The molecule has 1 atom stereocenters. The van der Waals surface area contributed by atoms with Gasteiger partial charge >= 0.3 is 0 Å². The molecule has 102 valence electrons. The van der Waals surface area contributed by atoms with E-state index in [0.717, 1.165) is 0 Å². The number of carbonyl (C=O) groups excluding carboxylic acids is 1. The average molecular weight is 261 g/mol. The highest BCUT2D eigenvalue weighted by molar-refractivity contribution is 5.90. The summed E-state index contributed by atoms with van der Waals surface area (Å²) < 4.78 is 1.96. The molecule has 0 bridgehead atoms. The first-order chi connectivity index (χ1) is 8.97. The smallest absolute Gasteiger partial charge is 0.287 e. The molecular formula is C13H19N5O. The van der Waals surface area contributed by atoms with Gasteiger partial charge < -0.3 is 14.9 Å². The Morgan fingerprint density at radius 3 is 2.79 bits per heavy atom. The fraction of sp³-hybridized carbons (Fsp3) is 0.462. The van der Waals surface area contributed by atoms with Gasteiger partial charge in [-0.05, 0) is 5.41 Å². The van der Waals surface area contributed by atoms with Gasteiger partial charge in [-0.25, -0.2) is 9.97 Å². The molecule has 2 aromatic rings. The predicted octanol–water partition coefficient (Wildman–Crippen LogP) is 1.45. The lowest BCUT2D eigenvalue weighted by molar-refractivity contribution is 0.0883. The molecule has 6 heteroatoms. The number of aromatic amines is 1. The van der Waals surface area contributed by atoms with Crippen LogP contribution in [-0.2, 0) is 6.54 Å². The summed E-state index contributed by atoms with van der Waals surface area (Å²) in [5, 5.41) is 3.02. The van der Waals surface area contributed by atoms with Gasteiger partial charge in [0.1, 0.15) is 0 Å². The van der Waals surface area contributed by atoms with E-state index < -0.39 is 0 Å². The molecule has 0 saturated carbocycles. The monoisotopic (exact) mass is 261 g/mol. The van der Waals surface area contributed by atoms with Crippen LogP contribution in [0.25, 0.3) is 0 Å². The van der Waals surface area contributed by atoms with E-state index in [9.17, 15) is 4.79 Å². The highest BCUT2D eigenvalue weighted by Gasteiger charge is 2.27. The lowest BCUT2D eigenvalue weighted by atomic mass is 9.86. The number of hydrogen-bond acceptors (Lipinski definition) is 3. The molecule has 0 radical (unpaired) electrons. The Kier molecular flexibility index (Phi) is 3.69. The molecule has 2 rings (SSSR count). The van der Waals surface area contributed by atoms with Crippen LogP contribution in [0, 0.1) is 5.41 Å². The maximum Gasteiger partial charge on any atom is 0.287 e. The van der Waals surface area contributed by atoms with E-state index in [-0.39, 0.29) is 17.4 Å². The minimum atomic E-state index is -0.190. The number of nitrogens with one attached hydrogen (secondary N) is 2. The molecule has 0 aliphatic rings. The molecule has 19 heavy (non-hydrogen) atoms. The molecule has 0 aliphatic carbocycles. The van der Waals surface area contributed by atoms with Gasteiger partial charge in [0.25, 0.3) is 5.91 Å². The third kappa shape index (κ3) is 3.43. The van der Waals surface area contributed by atoms with Crippen molar-refractivity contribution in [3.8, 4) is 0 Å². The van der Waals surface area contributed by atoms with Crippen LogP contribution in [-0.4, -0.2) is 31.5 Å². The van der Waals surface area contributed by atoms with E-state index >= 15 is 0 Å². The second kappa shape index (κ2) is 5.26. The predicted molar refractivity (Wildman–Crippen MR) is 71.5 cm³/mol. The van der Waals surface area contributed by atoms with Gasteiger partial charge in [-0.3, -0.25) is 4.79 Å². The van der Waals surface area contributed by atoms with E-state index in [0.29, 0.717) is 12.4 Å². The highest BCUT2D eigenvalue weighted by Crippen LogP contribution is 2.21. The van der Waals surface area contributed by atoms with Crippen molar-refractivity contribution in [2.75, 3.05) is 0 Å². The minimum absolute atomic E-state index is 0.0145. The summed E-state index contributed by atoms with van der Waals surface area (Å²) in [5.74, 6) is 0.143. The molecule has 0 saturated heterocycles. The van der Waals surface area contributed by atoms with Crippen LogP contribution in [0.4, 0.5) is 0 Å². The molecule has 0 aliphatic heterocycles. The van der Waals surface area contributed by atoms with Gasteiger partial charge in [-0.1, -0.05) is 20.8 Å². The van der Waals surface area contributed by atoms with Crippen LogP contribution >= 0.6 is 0 Å². The second-order valence-corrected chi connectivity index (χ2v) is 5.59. The summed E-state index contributed by atoms with van der Waals surface area (Å²) in [6.07, 6.45) is 8.57. The van der Waals surface area contributed by atoms with E-state index in [1.165, 1.54) is 0 Å². The summed E-state index contributed by atoms with van der Waals surface area (Å²) in [6, 6.07) is -0.0145. The standard InChI is InChI=1S/C13H19N5O/c1-13(2,3)10(8-18-7-6-14-9-18)17-12(19)11-15-4-5-16-11/h4-7,9-10H,8H2,1-3H3,(H,15,16)(H,17,19). The Labute approximate surface area is 112 Å². The fourth-order valence-electron chi connectivity index (χ4n) is 1.76. The zero-order chi connectivity index (χ0) is 13.9. The van der Waals surface area contributed by atoms with Crippen LogP contribution in [0.1, 0.15) is 31.4 Å². The van der Waals surface area contributed by atoms with Crippen molar-refractivity contribution in [1.82, 2.24) is 24.8 Å². The number of H-pyrrole nitrogens is 1. The van der Waals surface area contributed by atoms with E-state index in [2.05, 4.69) is 41.0 Å². The molecule has 1 unspecified atom stereocenters. The molecule has 2 N–H and O–H groups in total. The van der Waals surface area contributed by atoms with E-state index in [1.807, 2.05) is 10.8 Å². The maximum absolute atomic E-state index is 12.1. The third-order valence-corrected chi connectivity index (χ3v) is 3.02. The summed E-state index contributed by atoms with van der Waals surface area (Å²) in [4.78, 5) is 22.9. The van der Waals surface area contributed by atoms with Crippen molar-refractivity contribution in [3.05, 3.63) is 36.9 Å². The van der Waals surface area contributed by atoms with Crippen LogP contribution in [0.2, 0.25) is 0 Å². The molecule has 0 aromatic carbocycles. The number of hydrogen-bond donors (Lipinski definition) is 2. The number of imidazole rings is 2. The molecule has 6 nitrogen and oxygen atoms in total. The normalized spacial score (nSPS) is 13.2. The molecule has 2 aromatic heterocycles. The lowest BCUT2D eigenvalue weighted by Crippen LogP contribution is -2.46. The second-order valence-electron chi connectivity index (χ2n) is 5.59. The summed E-state index contributed by atoms with van der Waals surface area (Å²) >= 11 is 0. The van der Waals surface area contributed by atoms with Gasteiger partial charge in [0.2, 0.25) is 0 Å². The average Bonchev–Trinajstić information content (AvgIpc) is 2.99. The van der Waals surface area contributed by atoms with Crippen molar-refractivity contribution < 1.29 is 4.79 Å². The van der Waals surface area contributed by atoms with Gasteiger partial charge in [0.15, 0.2) is 5.82 Å². The Hall–Kier alpha value is -2.11. The first kappa shape index (κ1) is 13.3. The number of nitrogens with zero attached hydrogens (tertiary/aromatic N) is 3. The van der Waals surface area contributed by atoms with Crippen molar-refractivity contribution in [2.24, 2.45) is 5.41 Å². The van der Waals surface area contributed by atoms with Crippen molar-refractivity contribution in [2.45, 2.75) is 33.4 Å². The Bertz CT molecular complexity index is 510. The van der Waals surface area contributed by atoms with Crippen LogP contribution in [0.15, 0.2) is 31.1 Å². The van der Waals surface area contributed by atoms with Crippen molar-refractivity contribution in [3.63, 3.8) is 0 Å². The van der Waals surface area contributed by atoms with Crippen molar-refractivity contribution in [1.29, 1.82) is 0 Å². The molecule has 1 amide bonds. The lowest BCUT2D eigenvalue weighted by Gasteiger charge is -2.31. The van der Waals surface area contributed by atoms with Crippen LogP contribution < -0.4 is 5.32 Å². The van der Waals surface area contributed by atoms with Gasteiger partial charge in [0.05, 0.1) is 12.4 Å². The molecule has 0 fully saturated rings. The number of rotatable bonds is 4. The van der Waals surface area contributed by atoms with E-state index in [4.69, 9.17) is 0 Å². The van der Waals surface area contributed by atoms with Gasteiger partial charge in [-0.2, -0.15) is 0 Å². The molecular weight excluding hydrogens is 242 g/mol. The van der Waals surface area contributed by atoms with Crippen molar-refractivity contribution >= 4 is 5.91 Å². The largest absolute Gasteiger partial charge is 0.344 e. The van der Waals surface area contributed by atoms with Crippen LogP contribution in [0.5, 0.6) is 0 Å². The Morgan fingerprint density at radius 1 is 1.47 bits per heavy atom. The summed E-state index contributed by atoms with van der Waals surface area (Å²) in [7, 11) is 0. The number of amides is 1. The summed E-state index contributed by atoms with van der Waals surface area (Å²) in [5.41, 5.74) is -0.0630. The Morgan fingerprint density at radius 2 is 2.26 bits per heavy atom. The Balaban J connectivity index is 2.08. The van der Waals surface area contributed by atoms with Gasteiger partial charge in [-0.15, -0.1) is 0 Å².